The van der Waals surface area contributed by atoms with Gasteiger partial charge in [-0.25, -0.2) is 0 Å². The fraction of sp³-hybridized carbons (Fsp3) is 0.657. The molecular formula is C67H110O6. The van der Waals surface area contributed by atoms with Gasteiger partial charge in [-0.05, 0) is 122 Å². The lowest BCUT2D eigenvalue weighted by Crippen LogP contribution is -2.30. The van der Waals surface area contributed by atoms with Crippen molar-refractivity contribution >= 4 is 17.9 Å². The number of allylic oxidation sites excluding steroid dienone is 20. The van der Waals surface area contributed by atoms with E-state index in [0.717, 1.165) is 161 Å². The lowest BCUT2D eigenvalue weighted by molar-refractivity contribution is -0.167. The van der Waals surface area contributed by atoms with E-state index in [-0.39, 0.29) is 31.1 Å². The highest BCUT2D eigenvalue weighted by Gasteiger charge is 2.19. The van der Waals surface area contributed by atoms with E-state index < -0.39 is 6.10 Å². The van der Waals surface area contributed by atoms with Gasteiger partial charge in [0, 0.05) is 19.3 Å². The van der Waals surface area contributed by atoms with Gasteiger partial charge in [-0.3, -0.25) is 14.4 Å². The molecule has 0 spiro atoms. The molecule has 0 aliphatic carbocycles. The minimum Gasteiger partial charge on any atom is -0.462 e. The van der Waals surface area contributed by atoms with Gasteiger partial charge in [0.15, 0.2) is 6.10 Å². The first-order valence-electron chi connectivity index (χ1n) is 30.0. The molecule has 0 radical (unpaired) electrons. The zero-order valence-electron chi connectivity index (χ0n) is 47.4. The Balaban J connectivity index is 4.32. The number of rotatable bonds is 53. The topological polar surface area (TPSA) is 78.9 Å². The molecule has 0 N–H and O–H groups in total. The summed E-state index contributed by atoms with van der Waals surface area (Å²) in [5.74, 6) is -0.928. The van der Waals surface area contributed by atoms with Gasteiger partial charge in [-0.2, -0.15) is 0 Å². The van der Waals surface area contributed by atoms with Crippen molar-refractivity contribution in [2.75, 3.05) is 13.2 Å². The van der Waals surface area contributed by atoms with E-state index in [1.165, 1.54) is 64.2 Å². The third kappa shape index (κ3) is 58.6. The van der Waals surface area contributed by atoms with Crippen LogP contribution in [-0.4, -0.2) is 37.2 Å². The second-order valence-electron chi connectivity index (χ2n) is 19.5. The van der Waals surface area contributed by atoms with Crippen molar-refractivity contribution in [3.63, 3.8) is 0 Å². The van der Waals surface area contributed by atoms with Gasteiger partial charge in [-0.1, -0.05) is 245 Å². The lowest BCUT2D eigenvalue weighted by Gasteiger charge is -2.18. The Morgan fingerprint density at radius 1 is 0.288 bits per heavy atom. The van der Waals surface area contributed by atoms with Gasteiger partial charge in [0.25, 0.3) is 0 Å². The fourth-order valence-corrected chi connectivity index (χ4v) is 7.99. The smallest absolute Gasteiger partial charge is 0.306 e. The highest BCUT2D eigenvalue weighted by Crippen LogP contribution is 2.15. The Bertz CT molecular complexity index is 1540. The second-order valence-corrected chi connectivity index (χ2v) is 19.5. The maximum Gasteiger partial charge on any atom is 0.306 e. The molecule has 6 heteroatoms. The number of unbranched alkanes of at least 4 members (excludes halogenated alkanes) is 22. The molecule has 1 unspecified atom stereocenters. The number of carbonyl (C=O) groups excluding carboxylic acids is 3. The monoisotopic (exact) mass is 1010 g/mol. The van der Waals surface area contributed by atoms with Crippen LogP contribution in [0.25, 0.3) is 0 Å². The van der Waals surface area contributed by atoms with Gasteiger partial charge in [0.2, 0.25) is 0 Å². The molecule has 0 saturated heterocycles. The summed E-state index contributed by atoms with van der Waals surface area (Å²) in [6.45, 7) is 6.32. The first-order chi connectivity index (χ1) is 36.0. The molecule has 73 heavy (non-hydrogen) atoms. The summed E-state index contributed by atoms with van der Waals surface area (Å²) in [5, 5.41) is 0. The van der Waals surface area contributed by atoms with Crippen LogP contribution >= 0.6 is 0 Å². The predicted octanol–water partition coefficient (Wildman–Crippen LogP) is 20.4. The molecule has 414 valence electrons. The van der Waals surface area contributed by atoms with Crippen molar-refractivity contribution in [3.8, 4) is 0 Å². The highest BCUT2D eigenvalue weighted by molar-refractivity contribution is 5.71. The summed E-state index contributed by atoms with van der Waals surface area (Å²) >= 11 is 0. The number of ether oxygens (including phenoxy) is 3. The Morgan fingerprint density at radius 3 is 0.836 bits per heavy atom. The molecule has 0 saturated carbocycles. The van der Waals surface area contributed by atoms with Crippen molar-refractivity contribution < 1.29 is 28.6 Å². The van der Waals surface area contributed by atoms with E-state index in [0.29, 0.717) is 19.3 Å². The minimum atomic E-state index is -0.797. The summed E-state index contributed by atoms with van der Waals surface area (Å²) in [4.78, 5) is 38.2. The van der Waals surface area contributed by atoms with Crippen LogP contribution in [0.3, 0.4) is 0 Å². The minimum absolute atomic E-state index is 0.0933. The third-order valence-corrected chi connectivity index (χ3v) is 12.4. The first-order valence-corrected chi connectivity index (χ1v) is 30.0. The van der Waals surface area contributed by atoms with Crippen molar-refractivity contribution in [3.05, 3.63) is 122 Å². The molecule has 6 nitrogen and oxygen atoms in total. The van der Waals surface area contributed by atoms with Crippen molar-refractivity contribution in [1.82, 2.24) is 0 Å². The summed E-state index contributed by atoms with van der Waals surface area (Å²) in [6.07, 6.45) is 83.4. The van der Waals surface area contributed by atoms with E-state index in [9.17, 15) is 14.4 Å². The van der Waals surface area contributed by atoms with Crippen LogP contribution in [0.5, 0.6) is 0 Å². The lowest BCUT2D eigenvalue weighted by atomic mass is 10.0. The Morgan fingerprint density at radius 2 is 0.534 bits per heavy atom. The first kappa shape index (κ1) is 68.8. The molecule has 0 bridgehead atoms. The normalized spacial score (nSPS) is 13.0. The van der Waals surface area contributed by atoms with E-state index in [1.54, 1.807) is 0 Å². The average Bonchev–Trinajstić information content (AvgIpc) is 3.39. The van der Waals surface area contributed by atoms with Crippen LogP contribution < -0.4 is 0 Å². The van der Waals surface area contributed by atoms with Crippen molar-refractivity contribution in [1.29, 1.82) is 0 Å². The van der Waals surface area contributed by atoms with Gasteiger partial charge in [0.1, 0.15) is 13.2 Å². The molecule has 0 fully saturated rings. The zero-order chi connectivity index (χ0) is 52.9. The largest absolute Gasteiger partial charge is 0.462 e. The molecule has 0 aromatic carbocycles. The Kier molecular flexibility index (Phi) is 56.9. The second kappa shape index (κ2) is 60.4. The summed E-state index contributed by atoms with van der Waals surface area (Å²) in [5.41, 5.74) is 0. The number of esters is 3. The van der Waals surface area contributed by atoms with Crippen LogP contribution in [0.15, 0.2) is 122 Å². The van der Waals surface area contributed by atoms with Crippen LogP contribution in [-0.2, 0) is 28.6 Å². The van der Waals surface area contributed by atoms with Crippen LogP contribution in [0, 0.1) is 0 Å². The molecule has 0 aliphatic rings. The maximum absolute atomic E-state index is 12.9. The molecule has 0 amide bonds. The Labute approximate surface area is 450 Å². The van der Waals surface area contributed by atoms with E-state index >= 15 is 0 Å². The summed E-state index contributed by atoms with van der Waals surface area (Å²) < 4.78 is 16.9. The fourth-order valence-electron chi connectivity index (χ4n) is 7.99. The van der Waals surface area contributed by atoms with Crippen molar-refractivity contribution in [2.45, 2.75) is 271 Å². The molecule has 0 rings (SSSR count). The molecular weight excluding hydrogens is 901 g/mol. The standard InChI is InChI=1S/C67H110O6/c1-4-7-10-13-16-19-22-25-27-28-29-30-31-32-33-34-35-36-37-38-40-42-45-48-51-54-57-60-66(69)72-63-64(62-71-65(68)59-56-53-50-47-44-41-24-21-18-15-12-9-6-3)73-67(70)61-58-55-52-49-46-43-39-26-23-20-17-14-11-8-5-2/h7-8,10-12,15-17,19-21,24-27,29-30,32-33,39,64H,4-6,9,13-14,18,22-23,28,31,34-38,40-63H2,1-3H3/b10-7-,11-8-,15-12-,19-16-,20-17-,24-21-,27-25-,30-29-,33-32-,39-26-. The van der Waals surface area contributed by atoms with Crippen LogP contribution in [0.1, 0.15) is 265 Å². The SMILES string of the molecule is CC/C=C\C/C=C\C/C=C\C/C=C\C/C=C\CCCCCCCCCCCCCC(=O)OCC(COC(=O)CCCCCCC/C=C\C/C=C\CCC)OC(=O)CCCCCCC/C=C\C/C=C\C/C=C\CC. The quantitative estimate of drug-likeness (QED) is 0.0261. The molecule has 0 aromatic rings. The highest BCUT2D eigenvalue weighted by atomic mass is 16.6. The number of hydrogen-bond donors (Lipinski definition) is 0. The number of carbonyl (C=O) groups is 3. The average molecular weight is 1010 g/mol. The van der Waals surface area contributed by atoms with E-state index in [2.05, 4.69) is 142 Å². The van der Waals surface area contributed by atoms with Crippen molar-refractivity contribution in [2.24, 2.45) is 0 Å². The number of hydrogen-bond acceptors (Lipinski definition) is 6. The van der Waals surface area contributed by atoms with Gasteiger partial charge >= 0.3 is 17.9 Å². The molecule has 0 aromatic heterocycles. The van der Waals surface area contributed by atoms with Gasteiger partial charge < -0.3 is 14.2 Å². The summed E-state index contributed by atoms with van der Waals surface area (Å²) in [6, 6.07) is 0. The van der Waals surface area contributed by atoms with Gasteiger partial charge in [0.05, 0.1) is 0 Å². The zero-order valence-corrected chi connectivity index (χ0v) is 47.4. The van der Waals surface area contributed by atoms with Gasteiger partial charge in [-0.15, -0.1) is 0 Å². The molecule has 1 atom stereocenters. The van der Waals surface area contributed by atoms with Crippen LogP contribution in [0.4, 0.5) is 0 Å². The maximum atomic E-state index is 12.9. The van der Waals surface area contributed by atoms with Crippen LogP contribution in [0.2, 0.25) is 0 Å². The molecule has 0 aliphatic heterocycles. The Hall–Kier alpha value is -4.19. The molecule has 0 heterocycles. The summed E-state index contributed by atoms with van der Waals surface area (Å²) in [7, 11) is 0. The van der Waals surface area contributed by atoms with E-state index in [1.807, 2.05) is 0 Å². The van der Waals surface area contributed by atoms with E-state index in [4.69, 9.17) is 14.2 Å². The third-order valence-electron chi connectivity index (χ3n) is 12.4. The predicted molar refractivity (Wildman–Crippen MR) is 316 cm³/mol.